The first-order valence-corrected chi connectivity index (χ1v) is 8.23. The second-order valence-corrected chi connectivity index (χ2v) is 6.15. The first-order chi connectivity index (χ1) is 8.79. The minimum Gasteiger partial charge on any atom is -0.354 e. The molecule has 0 unspecified atom stereocenters. The molecule has 2 aromatic heterocycles. The van der Waals surface area contributed by atoms with E-state index in [9.17, 15) is 0 Å². The van der Waals surface area contributed by atoms with Crippen LogP contribution in [0, 0.1) is 0 Å². The van der Waals surface area contributed by atoms with Gasteiger partial charge in [-0.2, -0.15) is 0 Å². The lowest BCUT2D eigenvalue weighted by atomic mass is 10.3. The Balaban J connectivity index is 1.94. The summed E-state index contributed by atoms with van der Waals surface area (Å²) in [4.78, 5) is 10.7. The molecule has 98 valence electrons. The van der Waals surface area contributed by atoms with Crippen molar-refractivity contribution in [2.45, 2.75) is 11.8 Å². The fourth-order valence-corrected chi connectivity index (χ4v) is 3.71. The summed E-state index contributed by atoms with van der Waals surface area (Å²) in [6, 6.07) is 0. The molecule has 0 N–H and O–H groups in total. The third-order valence-corrected chi connectivity index (χ3v) is 4.77. The molecule has 6 heteroatoms. The molecule has 1 saturated heterocycles. The maximum absolute atomic E-state index is 4.79. The Kier molecular flexibility index (Phi) is 3.59. The van der Waals surface area contributed by atoms with Crippen molar-refractivity contribution in [3.8, 4) is 0 Å². The molecule has 1 fully saturated rings. The molecular weight excluding hydrogens is 312 g/mol. The molecule has 3 heterocycles. The second-order valence-electron chi connectivity index (χ2n) is 4.72. The van der Waals surface area contributed by atoms with Crippen molar-refractivity contribution >= 4 is 38.0 Å². The van der Waals surface area contributed by atoms with Gasteiger partial charge in [0.2, 0.25) is 0 Å². The molecule has 0 aromatic carbocycles. The average molecular weight is 329 g/mol. The zero-order valence-corrected chi connectivity index (χ0v) is 12.9. The minimum atomic E-state index is 0.854. The van der Waals surface area contributed by atoms with E-state index in [4.69, 9.17) is 4.98 Å². The lowest BCUT2D eigenvalue weighted by molar-refractivity contribution is 0.360. The predicted octanol–water partition coefficient (Wildman–Crippen LogP) is 2.43. The van der Waals surface area contributed by atoms with E-state index in [1.54, 1.807) is 11.3 Å². The number of fused-ring (bicyclic) bond motifs is 1. The summed E-state index contributed by atoms with van der Waals surface area (Å²) in [6.45, 7) is 4.48. The van der Waals surface area contributed by atoms with Crippen LogP contribution in [0.5, 0.6) is 0 Å². The largest absolute Gasteiger partial charge is 0.354 e. The van der Waals surface area contributed by atoms with E-state index in [0.717, 1.165) is 35.7 Å². The van der Waals surface area contributed by atoms with Gasteiger partial charge in [-0.15, -0.1) is 11.3 Å². The number of hydrogen-bond donors (Lipinski definition) is 0. The monoisotopic (exact) mass is 328 g/mol. The lowest BCUT2D eigenvalue weighted by Crippen LogP contribution is -2.29. The molecule has 0 saturated carbocycles. The van der Waals surface area contributed by atoms with Crippen molar-refractivity contribution in [1.82, 2.24) is 14.3 Å². The number of imidazole rings is 1. The van der Waals surface area contributed by atoms with Crippen LogP contribution in [0.15, 0.2) is 11.6 Å². The van der Waals surface area contributed by atoms with Crippen molar-refractivity contribution in [2.24, 2.45) is 0 Å². The van der Waals surface area contributed by atoms with Crippen molar-refractivity contribution in [1.29, 1.82) is 0 Å². The van der Waals surface area contributed by atoms with Gasteiger partial charge in [0.25, 0.3) is 0 Å². The maximum Gasteiger partial charge on any atom is 0.195 e. The second kappa shape index (κ2) is 5.19. The first-order valence-electron chi connectivity index (χ1n) is 6.23. The number of hydrogen-bond acceptors (Lipinski definition) is 4. The third-order valence-electron chi connectivity index (χ3n) is 3.49. The maximum atomic E-state index is 4.79. The fraction of sp³-hybridized carbons (Fsp3) is 0.583. The van der Waals surface area contributed by atoms with Gasteiger partial charge in [-0.05, 0) is 20.0 Å². The number of likely N-dealkylation sites (N-methyl/N-ethyl adjacent to an activating group) is 1. The van der Waals surface area contributed by atoms with E-state index in [2.05, 4.69) is 48.8 Å². The summed E-state index contributed by atoms with van der Waals surface area (Å²) < 4.78 is 2.20. The van der Waals surface area contributed by atoms with Crippen molar-refractivity contribution in [3.63, 3.8) is 0 Å². The van der Waals surface area contributed by atoms with Gasteiger partial charge in [0, 0.05) is 36.5 Å². The quantitative estimate of drug-likeness (QED) is 0.791. The Morgan fingerprint density at radius 1 is 1.33 bits per heavy atom. The van der Waals surface area contributed by atoms with Crippen LogP contribution in [0.3, 0.4) is 0 Å². The average Bonchev–Trinajstić information content (AvgIpc) is 2.86. The topological polar surface area (TPSA) is 23.8 Å². The van der Waals surface area contributed by atoms with Crippen LogP contribution in [0.1, 0.15) is 12.1 Å². The standard InChI is InChI=1S/C12H17BrN4S/c1-15-3-2-4-16(6-5-15)11-10(9-13)17-7-8-18-12(17)14-11/h7-8H,2-6,9H2,1H3. The molecule has 1 aliphatic rings. The number of thiazole rings is 1. The molecule has 0 aliphatic carbocycles. The molecular formula is C12H17BrN4S. The van der Waals surface area contributed by atoms with Gasteiger partial charge in [-0.1, -0.05) is 15.9 Å². The lowest BCUT2D eigenvalue weighted by Gasteiger charge is -2.21. The van der Waals surface area contributed by atoms with Crippen LogP contribution >= 0.6 is 27.3 Å². The highest BCUT2D eigenvalue weighted by Crippen LogP contribution is 2.27. The molecule has 0 radical (unpaired) electrons. The smallest absolute Gasteiger partial charge is 0.195 e. The van der Waals surface area contributed by atoms with Crippen LogP contribution in [0.25, 0.3) is 4.96 Å². The highest BCUT2D eigenvalue weighted by atomic mass is 79.9. The molecule has 0 spiro atoms. The van der Waals surface area contributed by atoms with Crippen molar-refractivity contribution in [2.75, 3.05) is 38.1 Å². The molecule has 0 atom stereocenters. The van der Waals surface area contributed by atoms with E-state index >= 15 is 0 Å². The highest BCUT2D eigenvalue weighted by Gasteiger charge is 2.20. The van der Waals surface area contributed by atoms with E-state index < -0.39 is 0 Å². The Labute approximate surface area is 119 Å². The summed E-state index contributed by atoms with van der Waals surface area (Å²) in [7, 11) is 2.20. The van der Waals surface area contributed by atoms with Gasteiger partial charge < -0.3 is 9.80 Å². The Morgan fingerprint density at radius 3 is 3.06 bits per heavy atom. The fourth-order valence-electron chi connectivity index (χ4n) is 2.46. The molecule has 0 amide bonds. The third kappa shape index (κ3) is 2.17. The van der Waals surface area contributed by atoms with Crippen LogP contribution < -0.4 is 4.90 Å². The SMILES string of the molecule is CN1CCCN(c2nc3sccn3c2CBr)CC1. The molecule has 0 bridgehead atoms. The van der Waals surface area contributed by atoms with E-state index in [1.807, 2.05) is 0 Å². The zero-order valence-electron chi connectivity index (χ0n) is 10.5. The molecule has 2 aromatic rings. The van der Waals surface area contributed by atoms with Gasteiger partial charge >= 0.3 is 0 Å². The summed E-state index contributed by atoms with van der Waals surface area (Å²) in [6.07, 6.45) is 3.32. The number of rotatable bonds is 2. The summed E-state index contributed by atoms with van der Waals surface area (Å²) in [5.74, 6) is 1.16. The van der Waals surface area contributed by atoms with Crippen LogP contribution in [0.2, 0.25) is 0 Å². The van der Waals surface area contributed by atoms with Gasteiger partial charge in [0.05, 0.1) is 5.69 Å². The molecule has 3 rings (SSSR count). The van der Waals surface area contributed by atoms with Crippen LogP contribution in [0.4, 0.5) is 5.82 Å². The van der Waals surface area contributed by atoms with Crippen LogP contribution in [-0.4, -0.2) is 47.5 Å². The zero-order chi connectivity index (χ0) is 12.5. The first kappa shape index (κ1) is 12.4. The summed E-state index contributed by atoms with van der Waals surface area (Å²) >= 11 is 5.30. The number of halogens is 1. The Hall–Kier alpha value is -0.590. The van der Waals surface area contributed by atoms with Gasteiger partial charge in [-0.3, -0.25) is 4.40 Å². The molecule has 18 heavy (non-hydrogen) atoms. The van der Waals surface area contributed by atoms with E-state index in [1.165, 1.54) is 18.7 Å². The van der Waals surface area contributed by atoms with Gasteiger partial charge in [-0.25, -0.2) is 4.98 Å². The highest BCUT2D eigenvalue weighted by molar-refractivity contribution is 9.08. The number of alkyl halides is 1. The summed E-state index contributed by atoms with van der Waals surface area (Å²) in [5.41, 5.74) is 1.27. The molecule has 1 aliphatic heterocycles. The number of anilines is 1. The molecule has 4 nitrogen and oxygen atoms in total. The normalized spacial score (nSPS) is 18.4. The Bertz CT molecular complexity index is 535. The van der Waals surface area contributed by atoms with Crippen molar-refractivity contribution in [3.05, 3.63) is 17.3 Å². The summed E-state index contributed by atoms with van der Waals surface area (Å²) in [5, 5.41) is 2.95. The van der Waals surface area contributed by atoms with Gasteiger partial charge in [0.1, 0.15) is 0 Å². The van der Waals surface area contributed by atoms with E-state index in [0.29, 0.717) is 0 Å². The predicted molar refractivity (Wildman–Crippen MR) is 80.0 cm³/mol. The number of nitrogens with zero attached hydrogens (tertiary/aromatic N) is 4. The number of aromatic nitrogens is 2. The van der Waals surface area contributed by atoms with E-state index in [-0.39, 0.29) is 0 Å². The van der Waals surface area contributed by atoms with Crippen LogP contribution in [-0.2, 0) is 5.33 Å². The minimum absolute atomic E-state index is 0.854. The Morgan fingerprint density at radius 2 is 2.22 bits per heavy atom. The van der Waals surface area contributed by atoms with Crippen molar-refractivity contribution < 1.29 is 0 Å². The van der Waals surface area contributed by atoms with Gasteiger partial charge in [0.15, 0.2) is 10.8 Å².